The quantitative estimate of drug-likeness (QED) is 0.533. The van der Waals surface area contributed by atoms with E-state index in [1.165, 1.54) is 27.1 Å². The van der Waals surface area contributed by atoms with Gasteiger partial charge in [-0.15, -0.1) is 0 Å². The van der Waals surface area contributed by atoms with E-state index in [4.69, 9.17) is 14.5 Å². The first-order valence-corrected chi connectivity index (χ1v) is 9.37. The van der Waals surface area contributed by atoms with Crippen molar-refractivity contribution in [2.75, 3.05) is 20.8 Å². The number of aromatic hydroxyl groups is 1. The Labute approximate surface area is 157 Å². The van der Waals surface area contributed by atoms with Crippen LogP contribution in [0.4, 0.5) is 0 Å². The molecule has 2 rings (SSSR count). The molecule has 0 bridgehead atoms. The molecule has 1 aliphatic rings. The number of phenolic OH excluding ortho intramolecular Hbond substituents is 1. The van der Waals surface area contributed by atoms with Gasteiger partial charge in [0.15, 0.2) is 17.5 Å². The number of rotatable bonds is 6. The van der Waals surface area contributed by atoms with Gasteiger partial charge in [0.1, 0.15) is 0 Å². The highest BCUT2D eigenvalue weighted by atomic mass is 16.5. The Morgan fingerprint density at radius 1 is 1.19 bits per heavy atom. The van der Waals surface area contributed by atoms with Gasteiger partial charge >= 0.3 is 0 Å². The summed E-state index contributed by atoms with van der Waals surface area (Å²) < 4.78 is 10.4. The third-order valence-corrected chi connectivity index (χ3v) is 4.98. The van der Waals surface area contributed by atoms with Crippen LogP contribution in [-0.2, 0) is 6.54 Å². The number of phenols is 1. The van der Waals surface area contributed by atoms with Crippen molar-refractivity contribution in [2.24, 2.45) is 10.4 Å². The summed E-state index contributed by atoms with van der Waals surface area (Å²) in [5.41, 5.74) is 1.37. The summed E-state index contributed by atoms with van der Waals surface area (Å²) >= 11 is 0. The third kappa shape index (κ3) is 5.44. The van der Waals surface area contributed by atoms with Crippen LogP contribution in [0.25, 0.3) is 0 Å². The number of ether oxygens (including phenoxy) is 2. The lowest BCUT2D eigenvalue weighted by Crippen LogP contribution is -2.45. The first-order chi connectivity index (χ1) is 12.4. The van der Waals surface area contributed by atoms with Gasteiger partial charge in [-0.05, 0) is 55.7 Å². The van der Waals surface area contributed by atoms with Gasteiger partial charge in [-0.1, -0.05) is 13.8 Å². The molecule has 3 N–H and O–H groups in total. The summed E-state index contributed by atoms with van der Waals surface area (Å²) in [5, 5.41) is 16.9. The van der Waals surface area contributed by atoms with Gasteiger partial charge in [-0.3, -0.25) is 0 Å². The number of guanidine groups is 1. The summed E-state index contributed by atoms with van der Waals surface area (Å²) in [6.45, 7) is 8.03. The first-order valence-electron chi connectivity index (χ1n) is 9.37. The Morgan fingerprint density at radius 3 is 2.27 bits per heavy atom. The highest BCUT2D eigenvalue weighted by molar-refractivity contribution is 5.80. The predicted molar refractivity (Wildman–Crippen MR) is 105 cm³/mol. The van der Waals surface area contributed by atoms with Gasteiger partial charge < -0.3 is 25.2 Å². The van der Waals surface area contributed by atoms with Crippen molar-refractivity contribution in [1.82, 2.24) is 10.6 Å². The monoisotopic (exact) mass is 363 g/mol. The lowest BCUT2D eigenvalue weighted by atomic mass is 9.75. The van der Waals surface area contributed by atoms with Crippen LogP contribution in [0.3, 0.4) is 0 Å². The maximum absolute atomic E-state index is 10.0. The summed E-state index contributed by atoms with van der Waals surface area (Å²) in [5.74, 6) is 1.62. The second kappa shape index (κ2) is 9.01. The molecule has 0 spiro atoms. The van der Waals surface area contributed by atoms with Crippen molar-refractivity contribution in [1.29, 1.82) is 0 Å². The normalized spacial score (nSPS) is 17.7. The lowest BCUT2D eigenvalue weighted by molar-refractivity contribution is 0.216. The minimum Gasteiger partial charge on any atom is -0.502 e. The minimum absolute atomic E-state index is 0.0116. The molecule has 0 unspecified atom stereocenters. The highest BCUT2D eigenvalue weighted by Gasteiger charge is 2.27. The molecule has 0 aromatic heterocycles. The van der Waals surface area contributed by atoms with Crippen molar-refractivity contribution in [2.45, 2.75) is 59.0 Å². The molecular formula is C20H33N3O3. The molecule has 1 saturated carbocycles. The van der Waals surface area contributed by atoms with Gasteiger partial charge in [0, 0.05) is 12.6 Å². The number of aliphatic imine (C=N–C) groups is 1. The number of methoxy groups -OCH3 is 2. The summed E-state index contributed by atoms with van der Waals surface area (Å²) in [6, 6.07) is 4.03. The molecule has 26 heavy (non-hydrogen) atoms. The van der Waals surface area contributed by atoms with Crippen molar-refractivity contribution in [3.05, 3.63) is 17.7 Å². The Balaban J connectivity index is 2.07. The van der Waals surface area contributed by atoms with Gasteiger partial charge in [-0.2, -0.15) is 0 Å². The largest absolute Gasteiger partial charge is 0.502 e. The van der Waals surface area contributed by atoms with Crippen LogP contribution in [0.2, 0.25) is 0 Å². The smallest absolute Gasteiger partial charge is 0.200 e. The Morgan fingerprint density at radius 2 is 1.77 bits per heavy atom. The van der Waals surface area contributed by atoms with E-state index in [9.17, 15) is 5.11 Å². The molecule has 1 aromatic rings. The summed E-state index contributed by atoms with van der Waals surface area (Å²) in [7, 11) is 3.05. The average molecular weight is 364 g/mol. The lowest BCUT2D eigenvalue weighted by Gasteiger charge is -2.35. The average Bonchev–Trinajstić information content (AvgIpc) is 2.62. The Hall–Kier alpha value is -2.11. The second-order valence-electron chi connectivity index (χ2n) is 7.63. The van der Waals surface area contributed by atoms with Gasteiger partial charge in [0.25, 0.3) is 0 Å². The fraction of sp³-hybridized carbons (Fsp3) is 0.650. The number of hydrogen-bond donors (Lipinski definition) is 3. The number of nitrogens with one attached hydrogen (secondary N) is 2. The topological polar surface area (TPSA) is 75.1 Å². The molecule has 0 atom stereocenters. The Bertz CT molecular complexity index is 594. The number of nitrogens with zero attached hydrogens (tertiary/aromatic N) is 1. The van der Waals surface area contributed by atoms with E-state index in [1.54, 1.807) is 12.1 Å². The van der Waals surface area contributed by atoms with E-state index in [0.717, 1.165) is 30.9 Å². The fourth-order valence-corrected chi connectivity index (χ4v) is 3.27. The molecule has 1 aromatic carbocycles. The molecule has 6 heteroatoms. The van der Waals surface area contributed by atoms with Crippen LogP contribution >= 0.6 is 0 Å². The SMILES string of the molecule is CCNC(=NCc1cc(OC)c(O)c(OC)c1)NC1CCC(C)(C)CC1. The maximum Gasteiger partial charge on any atom is 0.200 e. The summed E-state index contributed by atoms with van der Waals surface area (Å²) in [4.78, 5) is 4.70. The fourth-order valence-electron chi connectivity index (χ4n) is 3.27. The van der Waals surface area contributed by atoms with Crippen molar-refractivity contribution >= 4 is 5.96 Å². The molecule has 0 aliphatic heterocycles. The van der Waals surface area contributed by atoms with Crippen molar-refractivity contribution in [3.63, 3.8) is 0 Å². The zero-order valence-corrected chi connectivity index (χ0v) is 16.7. The van der Waals surface area contributed by atoms with Crippen LogP contribution in [0.5, 0.6) is 17.2 Å². The molecular weight excluding hydrogens is 330 g/mol. The van der Waals surface area contributed by atoms with Crippen molar-refractivity contribution < 1.29 is 14.6 Å². The molecule has 0 saturated heterocycles. The van der Waals surface area contributed by atoms with Crippen LogP contribution in [0.15, 0.2) is 17.1 Å². The highest BCUT2D eigenvalue weighted by Crippen LogP contribution is 2.37. The molecule has 0 heterocycles. The van der Waals surface area contributed by atoms with E-state index in [-0.39, 0.29) is 5.75 Å². The zero-order chi connectivity index (χ0) is 19.2. The molecule has 0 amide bonds. The Kier molecular flexibility index (Phi) is 7.00. The molecule has 6 nitrogen and oxygen atoms in total. The molecule has 1 aliphatic carbocycles. The maximum atomic E-state index is 10.0. The number of hydrogen-bond acceptors (Lipinski definition) is 4. The second-order valence-corrected chi connectivity index (χ2v) is 7.63. The van der Waals surface area contributed by atoms with Gasteiger partial charge in [-0.25, -0.2) is 4.99 Å². The first kappa shape index (κ1) is 20.2. The minimum atomic E-state index is 0.0116. The number of benzene rings is 1. The van der Waals surface area contributed by atoms with Gasteiger partial charge in [0.2, 0.25) is 5.75 Å². The van der Waals surface area contributed by atoms with E-state index < -0.39 is 0 Å². The van der Waals surface area contributed by atoms with Crippen LogP contribution in [0.1, 0.15) is 52.0 Å². The van der Waals surface area contributed by atoms with E-state index in [2.05, 4.69) is 31.4 Å². The van der Waals surface area contributed by atoms with E-state index in [0.29, 0.717) is 29.5 Å². The zero-order valence-electron chi connectivity index (χ0n) is 16.7. The molecule has 0 radical (unpaired) electrons. The molecule has 146 valence electrons. The van der Waals surface area contributed by atoms with E-state index in [1.807, 2.05) is 0 Å². The predicted octanol–water partition coefficient (Wildman–Crippen LogP) is 3.43. The van der Waals surface area contributed by atoms with Crippen molar-refractivity contribution in [3.8, 4) is 17.2 Å². The standard InChI is InChI=1S/C20H33N3O3/c1-6-21-19(23-15-7-9-20(2,3)10-8-15)22-13-14-11-16(25-4)18(24)17(12-14)26-5/h11-12,15,24H,6-10,13H2,1-5H3,(H2,21,22,23). The third-order valence-electron chi connectivity index (χ3n) is 4.98. The molecule has 1 fully saturated rings. The van der Waals surface area contributed by atoms with Crippen LogP contribution in [0, 0.1) is 5.41 Å². The van der Waals surface area contributed by atoms with Gasteiger partial charge in [0.05, 0.1) is 20.8 Å². The van der Waals surface area contributed by atoms with Crippen LogP contribution in [-0.4, -0.2) is 37.9 Å². The van der Waals surface area contributed by atoms with Crippen LogP contribution < -0.4 is 20.1 Å². The summed E-state index contributed by atoms with van der Waals surface area (Å²) in [6.07, 6.45) is 4.80. The van der Waals surface area contributed by atoms with E-state index >= 15 is 0 Å².